The zero-order valence-electron chi connectivity index (χ0n) is 11.2. The van der Waals surface area contributed by atoms with E-state index in [0.717, 1.165) is 24.8 Å². The molecule has 17 heavy (non-hydrogen) atoms. The van der Waals surface area contributed by atoms with Crippen LogP contribution < -0.4 is 4.90 Å². The predicted octanol–water partition coefficient (Wildman–Crippen LogP) is 3.61. The van der Waals surface area contributed by atoms with E-state index in [1.54, 1.807) is 0 Å². The summed E-state index contributed by atoms with van der Waals surface area (Å²) in [4.78, 5) is 13.3. The van der Waals surface area contributed by atoms with Crippen LogP contribution in [0.15, 0.2) is 18.2 Å². The van der Waals surface area contributed by atoms with Crippen molar-refractivity contribution in [1.29, 1.82) is 0 Å². The zero-order chi connectivity index (χ0) is 12.6. The lowest BCUT2D eigenvalue weighted by atomic mass is 9.79. The Kier molecular flexibility index (Phi) is 2.98. The minimum atomic E-state index is 0.198. The summed E-state index contributed by atoms with van der Waals surface area (Å²) in [7, 11) is 0. The van der Waals surface area contributed by atoms with Crippen molar-refractivity contribution in [2.24, 2.45) is 0 Å². The number of anilines is 1. The molecule has 1 heterocycles. The van der Waals surface area contributed by atoms with E-state index in [0.29, 0.717) is 5.92 Å². The second-order valence-electron chi connectivity index (χ2n) is 5.60. The lowest BCUT2D eigenvalue weighted by Crippen LogP contribution is -2.48. The second kappa shape index (κ2) is 4.17. The first kappa shape index (κ1) is 12.2. The summed E-state index contributed by atoms with van der Waals surface area (Å²) in [5.41, 5.74) is 3.59. The highest BCUT2D eigenvalue weighted by molar-refractivity contribution is 5.77. The molecule has 0 aliphatic carbocycles. The summed E-state index contributed by atoms with van der Waals surface area (Å²) in [6.07, 6.45) is 2.07. The monoisotopic (exact) mass is 231 g/mol. The molecule has 2 rings (SSSR count). The van der Waals surface area contributed by atoms with Crippen molar-refractivity contribution >= 4 is 12.0 Å². The molecule has 0 spiro atoms. The maximum absolute atomic E-state index is 10.9. The van der Waals surface area contributed by atoms with Crippen molar-refractivity contribution in [2.75, 3.05) is 11.4 Å². The highest BCUT2D eigenvalue weighted by Gasteiger charge is 2.35. The van der Waals surface area contributed by atoms with Gasteiger partial charge in [-0.25, -0.2) is 0 Å². The van der Waals surface area contributed by atoms with Gasteiger partial charge in [-0.2, -0.15) is 0 Å². The lowest BCUT2D eigenvalue weighted by Gasteiger charge is -2.47. The summed E-state index contributed by atoms with van der Waals surface area (Å²) >= 11 is 0. The number of carbonyl (C=O) groups is 1. The van der Waals surface area contributed by atoms with Crippen LogP contribution in [-0.2, 0) is 0 Å². The van der Waals surface area contributed by atoms with E-state index in [9.17, 15) is 4.79 Å². The quantitative estimate of drug-likeness (QED) is 0.725. The molecule has 1 aromatic carbocycles. The molecule has 0 saturated heterocycles. The number of hydrogen-bond acceptors (Lipinski definition) is 2. The Labute approximate surface area is 104 Å². The molecule has 2 heteroatoms. The molecule has 1 aliphatic rings. The molecule has 1 aromatic rings. The van der Waals surface area contributed by atoms with Gasteiger partial charge in [0.25, 0.3) is 0 Å². The lowest BCUT2D eigenvalue weighted by molar-refractivity contribution is 0.112. The number of carbonyl (C=O) groups excluding carboxylic acids is 1. The van der Waals surface area contributed by atoms with Crippen LogP contribution in [-0.4, -0.2) is 18.4 Å². The molecule has 0 bridgehead atoms. The molecule has 1 atom stereocenters. The fourth-order valence-corrected chi connectivity index (χ4v) is 3.18. The first-order valence-corrected chi connectivity index (χ1v) is 6.36. The fraction of sp³-hybridized carbons (Fsp3) is 0.533. The van der Waals surface area contributed by atoms with Gasteiger partial charge in [0.2, 0.25) is 0 Å². The van der Waals surface area contributed by atoms with Gasteiger partial charge in [-0.3, -0.25) is 4.79 Å². The van der Waals surface area contributed by atoms with Crippen LogP contribution in [0.2, 0.25) is 0 Å². The van der Waals surface area contributed by atoms with Gasteiger partial charge in [0.1, 0.15) is 6.29 Å². The molecule has 1 aliphatic heterocycles. The Morgan fingerprint density at radius 2 is 2.18 bits per heavy atom. The maximum Gasteiger partial charge on any atom is 0.150 e. The van der Waals surface area contributed by atoms with Gasteiger partial charge >= 0.3 is 0 Å². The highest BCUT2D eigenvalue weighted by atomic mass is 16.1. The number of nitrogens with zero attached hydrogens (tertiary/aromatic N) is 1. The Hall–Kier alpha value is -1.31. The van der Waals surface area contributed by atoms with Gasteiger partial charge in [0.05, 0.1) is 0 Å². The third kappa shape index (κ3) is 1.97. The van der Waals surface area contributed by atoms with Crippen molar-refractivity contribution in [1.82, 2.24) is 0 Å². The average molecular weight is 231 g/mol. The molecule has 0 amide bonds. The third-order valence-electron chi connectivity index (χ3n) is 3.86. The fourth-order valence-electron chi connectivity index (χ4n) is 3.18. The van der Waals surface area contributed by atoms with E-state index < -0.39 is 0 Å². The van der Waals surface area contributed by atoms with Crippen LogP contribution in [0.4, 0.5) is 5.69 Å². The molecule has 92 valence electrons. The maximum atomic E-state index is 10.9. The first-order chi connectivity index (χ1) is 7.99. The smallest absolute Gasteiger partial charge is 0.150 e. The topological polar surface area (TPSA) is 20.3 Å². The van der Waals surface area contributed by atoms with Gasteiger partial charge in [0.15, 0.2) is 0 Å². The van der Waals surface area contributed by atoms with Crippen LogP contribution in [0, 0.1) is 0 Å². The van der Waals surface area contributed by atoms with Crippen LogP contribution in [0.1, 0.15) is 56.0 Å². The molecule has 0 N–H and O–H groups in total. The normalized spacial score (nSPS) is 22.1. The van der Waals surface area contributed by atoms with Crippen LogP contribution >= 0.6 is 0 Å². The molecule has 2 nitrogen and oxygen atoms in total. The van der Waals surface area contributed by atoms with Crippen molar-refractivity contribution in [3.63, 3.8) is 0 Å². The zero-order valence-corrected chi connectivity index (χ0v) is 11.2. The Balaban J connectivity index is 2.55. The van der Waals surface area contributed by atoms with Gasteiger partial charge in [-0.05, 0) is 56.9 Å². The second-order valence-corrected chi connectivity index (χ2v) is 5.60. The van der Waals surface area contributed by atoms with Gasteiger partial charge in [-0.15, -0.1) is 0 Å². The van der Waals surface area contributed by atoms with Crippen molar-refractivity contribution in [2.45, 2.75) is 45.6 Å². The van der Waals surface area contributed by atoms with E-state index in [1.165, 1.54) is 11.3 Å². The summed E-state index contributed by atoms with van der Waals surface area (Å²) in [5.74, 6) is 0.516. The van der Waals surface area contributed by atoms with Gasteiger partial charge in [0, 0.05) is 23.3 Å². The van der Waals surface area contributed by atoms with E-state index in [4.69, 9.17) is 0 Å². The molecular weight excluding hydrogens is 210 g/mol. The summed E-state index contributed by atoms with van der Waals surface area (Å²) in [5, 5.41) is 0. The van der Waals surface area contributed by atoms with Crippen molar-refractivity contribution in [3.05, 3.63) is 29.3 Å². The number of fused-ring (bicyclic) bond motifs is 1. The van der Waals surface area contributed by atoms with Crippen LogP contribution in [0.25, 0.3) is 0 Å². The molecule has 0 saturated carbocycles. The first-order valence-electron chi connectivity index (χ1n) is 6.36. The molecule has 0 radical (unpaired) electrons. The Bertz CT molecular complexity index is 437. The predicted molar refractivity (Wildman–Crippen MR) is 72.0 cm³/mol. The molecule has 0 fully saturated rings. The number of benzene rings is 1. The summed E-state index contributed by atoms with van der Waals surface area (Å²) in [6, 6.07) is 6.06. The van der Waals surface area contributed by atoms with E-state index in [1.807, 2.05) is 12.1 Å². The van der Waals surface area contributed by atoms with Crippen molar-refractivity contribution in [3.8, 4) is 0 Å². The average Bonchev–Trinajstić information content (AvgIpc) is 2.28. The third-order valence-corrected chi connectivity index (χ3v) is 3.86. The minimum Gasteiger partial charge on any atom is -0.366 e. The SMILES string of the molecule is CCN1c2ccc(C=O)cc2C(C)CC1(C)C. The Morgan fingerprint density at radius 3 is 2.76 bits per heavy atom. The number of rotatable bonds is 2. The van der Waals surface area contributed by atoms with Crippen LogP contribution in [0.3, 0.4) is 0 Å². The van der Waals surface area contributed by atoms with Gasteiger partial charge in [-0.1, -0.05) is 6.92 Å². The minimum absolute atomic E-state index is 0.198. The standard InChI is InChI=1S/C15H21NO/c1-5-16-14-7-6-12(10-17)8-13(14)11(2)9-15(16,3)4/h6-8,10-11H,5,9H2,1-4H3. The summed E-state index contributed by atoms with van der Waals surface area (Å²) in [6.45, 7) is 10.0. The summed E-state index contributed by atoms with van der Waals surface area (Å²) < 4.78 is 0. The largest absolute Gasteiger partial charge is 0.366 e. The van der Waals surface area contributed by atoms with E-state index in [2.05, 4.69) is 38.7 Å². The molecule has 0 aromatic heterocycles. The number of aldehydes is 1. The molecular formula is C15H21NO. The highest BCUT2D eigenvalue weighted by Crippen LogP contribution is 2.43. The van der Waals surface area contributed by atoms with Crippen LogP contribution in [0.5, 0.6) is 0 Å². The van der Waals surface area contributed by atoms with E-state index >= 15 is 0 Å². The number of hydrogen-bond donors (Lipinski definition) is 0. The van der Waals surface area contributed by atoms with E-state index in [-0.39, 0.29) is 5.54 Å². The molecule has 1 unspecified atom stereocenters. The van der Waals surface area contributed by atoms with Crippen molar-refractivity contribution < 1.29 is 4.79 Å². The van der Waals surface area contributed by atoms with Gasteiger partial charge < -0.3 is 4.90 Å². The Morgan fingerprint density at radius 1 is 1.47 bits per heavy atom.